The number of rotatable bonds is 8. The van der Waals surface area contributed by atoms with E-state index in [9.17, 15) is 4.79 Å². The van der Waals surface area contributed by atoms with Crippen LogP contribution in [0.2, 0.25) is 0 Å². The Morgan fingerprint density at radius 2 is 2.20 bits per heavy atom. The highest BCUT2D eigenvalue weighted by atomic mass is 16.5. The molecule has 0 heterocycles. The van der Waals surface area contributed by atoms with E-state index in [1.54, 1.807) is 7.11 Å². The molecule has 0 saturated carbocycles. The Labute approximate surface area is 120 Å². The second-order valence-electron chi connectivity index (χ2n) is 4.81. The Bertz CT molecular complexity index is 433. The van der Waals surface area contributed by atoms with Gasteiger partial charge in [-0.25, -0.2) is 0 Å². The van der Waals surface area contributed by atoms with Crippen molar-refractivity contribution in [3.8, 4) is 5.75 Å². The van der Waals surface area contributed by atoms with Crippen LogP contribution in [0.25, 0.3) is 0 Å². The van der Waals surface area contributed by atoms with E-state index in [0.717, 1.165) is 17.5 Å². The van der Waals surface area contributed by atoms with Gasteiger partial charge in [-0.3, -0.25) is 4.79 Å². The molecule has 1 atom stereocenters. The van der Waals surface area contributed by atoms with Crippen LogP contribution in [-0.2, 0) is 9.53 Å². The lowest BCUT2D eigenvalue weighted by Gasteiger charge is -2.14. The van der Waals surface area contributed by atoms with Gasteiger partial charge in [-0.2, -0.15) is 0 Å². The third-order valence-electron chi connectivity index (χ3n) is 2.87. The minimum absolute atomic E-state index is 0.00381. The zero-order chi connectivity index (χ0) is 15.0. The molecular formula is C15H24N2O3. The molecule has 0 radical (unpaired) electrons. The highest BCUT2D eigenvalue weighted by Crippen LogP contribution is 2.24. The average Bonchev–Trinajstić information content (AvgIpc) is 2.41. The monoisotopic (exact) mass is 280 g/mol. The van der Waals surface area contributed by atoms with Crippen molar-refractivity contribution >= 4 is 5.91 Å². The van der Waals surface area contributed by atoms with Gasteiger partial charge in [0, 0.05) is 31.9 Å². The fourth-order valence-electron chi connectivity index (χ4n) is 1.78. The first-order chi connectivity index (χ1) is 9.54. The fourth-order valence-corrected chi connectivity index (χ4v) is 1.78. The summed E-state index contributed by atoms with van der Waals surface area (Å²) in [6.45, 7) is 5.08. The van der Waals surface area contributed by atoms with Gasteiger partial charge in [-0.1, -0.05) is 12.1 Å². The molecule has 20 heavy (non-hydrogen) atoms. The standard InChI is InChI=1S/C15H24N2O3/c1-11-5-6-13(12(2)16)14(9-11)20-10-15(18)17-7-4-8-19-3/h5-6,9,12H,4,7-8,10,16H2,1-3H3,(H,17,18). The van der Waals surface area contributed by atoms with Crippen LogP contribution in [0.4, 0.5) is 0 Å². The van der Waals surface area contributed by atoms with E-state index in [2.05, 4.69) is 5.32 Å². The van der Waals surface area contributed by atoms with Crippen molar-refractivity contribution in [2.45, 2.75) is 26.3 Å². The molecule has 3 N–H and O–H groups in total. The van der Waals surface area contributed by atoms with Crippen LogP contribution in [0.15, 0.2) is 18.2 Å². The Balaban J connectivity index is 2.48. The van der Waals surface area contributed by atoms with E-state index in [1.165, 1.54) is 0 Å². The molecule has 1 aromatic carbocycles. The molecular weight excluding hydrogens is 256 g/mol. The number of carbonyl (C=O) groups excluding carboxylic acids is 1. The zero-order valence-electron chi connectivity index (χ0n) is 12.4. The summed E-state index contributed by atoms with van der Waals surface area (Å²) in [5.41, 5.74) is 7.87. The molecule has 0 spiro atoms. The van der Waals surface area contributed by atoms with Crippen molar-refractivity contribution in [1.82, 2.24) is 5.32 Å². The fraction of sp³-hybridized carbons (Fsp3) is 0.533. The molecule has 1 amide bonds. The SMILES string of the molecule is COCCCNC(=O)COc1cc(C)ccc1C(C)N. The van der Waals surface area contributed by atoms with E-state index in [4.69, 9.17) is 15.2 Å². The molecule has 0 aliphatic carbocycles. The molecule has 5 heteroatoms. The maximum absolute atomic E-state index is 11.6. The van der Waals surface area contributed by atoms with E-state index in [1.807, 2.05) is 32.0 Å². The summed E-state index contributed by atoms with van der Waals surface area (Å²) in [7, 11) is 1.64. The first kappa shape index (κ1) is 16.5. The predicted molar refractivity (Wildman–Crippen MR) is 78.8 cm³/mol. The van der Waals surface area contributed by atoms with Gasteiger partial charge in [0.15, 0.2) is 6.61 Å². The number of aryl methyl sites for hydroxylation is 1. The van der Waals surface area contributed by atoms with Crippen LogP contribution < -0.4 is 15.8 Å². The number of carbonyl (C=O) groups is 1. The second-order valence-corrected chi connectivity index (χ2v) is 4.81. The number of amides is 1. The molecule has 0 saturated heterocycles. The lowest BCUT2D eigenvalue weighted by Crippen LogP contribution is -2.30. The molecule has 1 rings (SSSR count). The Morgan fingerprint density at radius 1 is 1.45 bits per heavy atom. The number of hydrogen-bond donors (Lipinski definition) is 2. The van der Waals surface area contributed by atoms with Crippen molar-refractivity contribution in [2.24, 2.45) is 5.73 Å². The average molecular weight is 280 g/mol. The molecule has 1 aromatic rings. The van der Waals surface area contributed by atoms with Crippen molar-refractivity contribution in [3.05, 3.63) is 29.3 Å². The van der Waals surface area contributed by atoms with Crippen LogP contribution in [0.3, 0.4) is 0 Å². The Hall–Kier alpha value is -1.59. The van der Waals surface area contributed by atoms with Gasteiger partial charge in [0.2, 0.25) is 0 Å². The third kappa shape index (κ3) is 5.59. The molecule has 0 aliphatic rings. The first-order valence-corrected chi connectivity index (χ1v) is 6.79. The molecule has 5 nitrogen and oxygen atoms in total. The van der Waals surface area contributed by atoms with Gasteiger partial charge in [0.25, 0.3) is 5.91 Å². The third-order valence-corrected chi connectivity index (χ3v) is 2.87. The Kier molecular flexibility index (Phi) is 7.04. The maximum atomic E-state index is 11.6. The quantitative estimate of drug-likeness (QED) is 0.709. The molecule has 0 bridgehead atoms. The summed E-state index contributed by atoms with van der Waals surface area (Å²) in [4.78, 5) is 11.6. The van der Waals surface area contributed by atoms with Gasteiger partial charge in [0.05, 0.1) is 0 Å². The lowest BCUT2D eigenvalue weighted by atomic mass is 10.1. The summed E-state index contributed by atoms with van der Waals surface area (Å²) in [5.74, 6) is 0.533. The number of ether oxygens (including phenoxy) is 2. The van der Waals surface area contributed by atoms with Gasteiger partial charge in [-0.15, -0.1) is 0 Å². The lowest BCUT2D eigenvalue weighted by molar-refractivity contribution is -0.123. The normalized spacial score (nSPS) is 12.0. The van der Waals surface area contributed by atoms with Crippen molar-refractivity contribution in [3.63, 3.8) is 0 Å². The van der Waals surface area contributed by atoms with Gasteiger partial charge in [0.1, 0.15) is 5.75 Å². The summed E-state index contributed by atoms with van der Waals surface area (Å²) in [6.07, 6.45) is 0.789. The van der Waals surface area contributed by atoms with Gasteiger partial charge in [-0.05, 0) is 31.9 Å². The number of methoxy groups -OCH3 is 1. The van der Waals surface area contributed by atoms with Crippen LogP contribution >= 0.6 is 0 Å². The topological polar surface area (TPSA) is 73.6 Å². The van der Waals surface area contributed by atoms with Crippen molar-refractivity contribution in [2.75, 3.05) is 26.9 Å². The van der Waals surface area contributed by atoms with Crippen LogP contribution in [0.5, 0.6) is 5.75 Å². The summed E-state index contributed by atoms with van der Waals surface area (Å²) in [6, 6.07) is 5.69. The summed E-state index contributed by atoms with van der Waals surface area (Å²) < 4.78 is 10.5. The molecule has 0 aliphatic heterocycles. The second kappa shape index (κ2) is 8.55. The molecule has 0 fully saturated rings. The largest absolute Gasteiger partial charge is 0.483 e. The molecule has 0 aromatic heterocycles. The zero-order valence-corrected chi connectivity index (χ0v) is 12.4. The highest BCUT2D eigenvalue weighted by Gasteiger charge is 2.10. The predicted octanol–water partition coefficient (Wildman–Crippen LogP) is 1.55. The van der Waals surface area contributed by atoms with Crippen LogP contribution in [-0.4, -0.2) is 32.8 Å². The number of hydrogen-bond acceptors (Lipinski definition) is 4. The van der Waals surface area contributed by atoms with Gasteiger partial charge < -0.3 is 20.5 Å². The maximum Gasteiger partial charge on any atom is 0.257 e. The molecule has 1 unspecified atom stereocenters. The Morgan fingerprint density at radius 3 is 2.85 bits per heavy atom. The van der Waals surface area contributed by atoms with E-state index in [0.29, 0.717) is 18.9 Å². The summed E-state index contributed by atoms with van der Waals surface area (Å²) in [5, 5.41) is 2.78. The first-order valence-electron chi connectivity index (χ1n) is 6.79. The number of nitrogens with two attached hydrogens (primary N) is 1. The van der Waals surface area contributed by atoms with Crippen molar-refractivity contribution < 1.29 is 14.3 Å². The molecule has 112 valence electrons. The minimum atomic E-state index is -0.141. The van der Waals surface area contributed by atoms with E-state index >= 15 is 0 Å². The smallest absolute Gasteiger partial charge is 0.257 e. The summed E-state index contributed by atoms with van der Waals surface area (Å²) >= 11 is 0. The minimum Gasteiger partial charge on any atom is -0.483 e. The van der Waals surface area contributed by atoms with Crippen LogP contribution in [0.1, 0.15) is 30.5 Å². The number of nitrogens with one attached hydrogen (secondary N) is 1. The number of benzene rings is 1. The van der Waals surface area contributed by atoms with Crippen molar-refractivity contribution in [1.29, 1.82) is 0 Å². The highest BCUT2D eigenvalue weighted by molar-refractivity contribution is 5.77. The van der Waals surface area contributed by atoms with E-state index in [-0.39, 0.29) is 18.6 Å². The van der Waals surface area contributed by atoms with E-state index < -0.39 is 0 Å². The van der Waals surface area contributed by atoms with Crippen LogP contribution in [0, 0.1) is 6.92 Å². The van der Waals surface area contributed by atoms with Gasteiger partial charge >= 0.3 is 0 Å².